The molecule has 0 saturated heterocycles. The number of carbonyl (C=O) groups is 1. The normalized spacial score (nSPS) is 10.2. The number of nitrogens with one attached hydrogen (secondary N) is 1. The summed E-state index contributed by atoms with van der Waals surface area (Å²) in [5.41, 5.74) is 1.71. The first-order valence-electron chi connectivity index (χ1n) is 5.54. The second-order valence-electron chi connectivity index (χ2n) is 4.11. The Labute approximate surface area is 109 Å². The molecule has 0 atom stereocenters. The molecule has 19 heavy (non-hydrogen) atoms. The van der Waals surface area contributed by atoms with Gasteiger partial charge in [0.1, 0.15) is 12.0 Å². The molecule has 0 spiro atoms. The van der Waals surface area contributed by atoms with Crippen LogP contribution in [0.5, 0.6) is 0 Å². The van der Waals surface area contributed by atoms with Crippen LogP contribution in [0.2, 0.25) is 0 Å². The predicted octanol–water partition coefficient (Wildman–Crippen LogP) is 2.49. The molecule has 7 nitrogen and oxygen atoms in total. The monoisotopic (exact) mass is 260 g/mol. The molecule has 0 saturated carbocycles. The van der Waals surface area contributed by atoms with E-state index in [1.54, 1.807) is 13.0 Å². The lowest BCUT2D eigenvalue weighted by atomic mass is 10.1. The molecule has 1 amide bonds. The van der Waals surface area contributed by atoms with Gasteiger partial charge in [-0.05, 0) is 31.0 Å². The Hall–Kier alpha value is -2.70. The van der Waals surface area contributed by atoms with Crippen molar-refractivity contribution in [2.45, 2.75) is 13.8 Å². The maximum atomic E-state index is 11.8. The number of hydrogen-bond donors (Lipinski definition) is 1. The van der Waals surface area contributed by atoms with E-state index in [2.05, 4.69) is 10.3 Å². The van der Waals surface area contributed by atoms with Crippen molar-refractivity contribution in [3.63, 3.8) is 0 Å². The zero-order chi connectivity index (χ0) is 14.0. The number of imidazole rings is 1. The first-order chi connectivity index (χ1) is 8.99. The first-order valence-corrected chi connectivity index (χ1v) is 5.54. The van der Waals surface area contributed by atoms with Crippen LogP contribution < -0.4 is 5.32 Å². The topological polar surface area (TPSA) is 90.1 Å². The van der Waals surface area contributed by atoms with Crippen LogP contribution in [0.3, 0.4) is 0 Å². The molecule has 2 aromatic rings. The minimum Gasteiger partial charge on any atom is -0.301 e. The molecule has 0 aliphatic carbocycles. The summed E-state index contributed by atoms with van der Waals surface area (Å²) in [4.78, 5) is 26.0. The van der Waals surface area contributed by atoms with E-state index in [1.807, 2.05) is 6.92 Å². The summed E-state index contributed by atoms with van der Waals surface area (Å²) in [5, 5.41) is 13.5. The van der Waals surface area contributed by atoms with E-state index in [0.29, 0.717) is 0 Å². The lowest BCUT2D eigenvalue weighted by molar-refractivity contribution is -0.384. The van der Waals surface area contributed by atoms with Crippen LogP contribution in [0.1, 0.15) is 11.1 Å². The van der Waals surface area contributed by atoms with Gasteiger partial charge in [-0.25, -0.2) is 9.78 Å². The molecule has 1 aromatic heterocycles. The molecule has 1 heterocycles. The van der Waals surface area contributed by atoms with Gasteiger partial charge in [0.15, 0.2) is 0 Å². The van der Waals surface area contributed by atoms with E-state index in [0.717, 1.165) is 11.1 Å². The summed E-state index contributed by atoms with van der Waals surface area (Å²) in [6.45, 7) is 3.61. The summed E-state index contributed by atoms with van der Waals surface area (Å²) in [5.74, 6) is 0. The van der Waals surface area contributed by atoms with E-state index in [1.165, 1.54) is 29.4 Å². The van der Waals surface area contributed by atoms with Crippen LogP contribution in [0.4, 0.5) is 16.2 Å². The van der Waals surface area contributed by atoms with Gasteiger partial charge in [-0.1, -0.05) is 0 Å². The number of benzene rings is 1. The fraction of sp³-hybridized carbons (Fsp3) is 0.167. The average Bonchev–Trinajstić information content (AvgIpc) is 2.86. The third-order valence-electron chi connectivity index (χ3n) is 2.79. The summed E-state index contributed by atoms with van der Waals surface area (Å²) in [6, 6.07) is 2.53. The van der Waals surface area contributed by atoms with Gasteiger partial charge in [0, 0.05) is 18.5 Å². The molecular weight excluding hydrogens is 248 g/mol. The van der Waals surface area contributed by atoms with Crippen LogP contribution >= 0.6 is 0 Å². The van der Waals surface area contributed by atoms with Crippen molar-refractivity contribution in [2.75, 3.05) is 5.32 Å². The molecule has 0 aliphatic rings. The molecular formula is C12H12N4O3. The number of rotatable bonds is 2. The molecule has 0 unspecified atom stereocenters. The van der Waals surface area contributed by atoms with Gasteiger partial charge in [0.05, 0.1) is 4.92 Å². The van der Waals surface area contributed by atoms with Crippen molar-refractivity contribution in [1.82, 2.24) is 9.55 Å². The Bertz CT molecular complexity index is 635. The number of anilines is 1. The number of nitro groups is 1. The van der Waals surface area contributed by atoms with E-state index in [-0.39, 0.29) is 11.4 Å². The van der Waals surface area contributed by atoms with E-state index < -0.39 is 11.0 Å². The maximum absolute atomic E-state index is 11.8. The zero-order valence-electron chi connectivity index (χ0n) is 10.5. The smallest absolute Gasteiger partial charge is 0.301 e. The molecule has 0 radical (unpaired) electrons. The Morgan fingerprint density at radius 3 is 2.63 bits per heavy atom. The van der Waals surface area contributed by atoms with Gasteiger partial charge in [0.25, 0.3) is 5.69 Å². The van der Waals surface area contributed by atoms with Gasteiger partial charge in [-0.3, -0.25) is 14.7 Å². The van der Waals surface area contributed by atoms with Crippen molar-refractivity contribution >= 4 is 17.4 Å². The van der Waals surface area contributed by atoms with Crippen molar-refractivity contribution in [3.05, 3.63) is 52.1 Å². The van der Waals surface area contributed by atoms with Gasteiger partial charge in [-0.2, -0.15) is 0 Å². The molecule has 0 aliphatic heterocycles. The van der Waals surface area contributed by atoms with Crippen molar-refractivity contribution < 1.29 is 9.72 Å². The Morgan fingerprint density at radius 2 is 2.05 bits per heavy atom. The average molecular weight is 260 g/mol. The van der Waals surface area contributed by atoms with Gasteiger partial charge < -0.3 is 5.32 Å². The molecule has 0 fully saturated rings. The van der Waals surface area contributed by atoms with Gasteiger partial charge in [0.2, 0.25) is 0 Å². The van der Waals surface area contributed by atoms with Gasteiger partial charge in [-0.15, -0.1) is 0 Å². The summed E-state index contributed by atoms with van der Waals surface area (Å²) < 4.78 is 1.21. The number of amides is 1. The first kappa shape index (κ1) is 12.7. The lowest BCUT2D eigenvalue weighted by Gasteiger charge is -2.08. The summed E-state index contributed by atoms with van der Waals surface area (Å²) in [7, 11) is 0. The minimum absolute atomic E-state index is 0.128. The third-order valence-corrected chi connectivity index (χ3v) is 2.79. The molecule has 98 valence electrons. The summed E-state index contributed by atoms with van der Waals surface area (Å²) in [6.07, 6.45) is 4.23. The highest BCUT2D eigenvalue weighted by molar-refractivity contribution is 5.93. The van der Waals surface area contributed by atoms with Crippen LogP contribution in [0.25, 0.3) is 0 Å². The Morgan fingerprint density at radius 1 is 1.37 bits per heavy atom. The maximum Gasteiger partial charge on any atom is 0.331 e. The third kappa shape index (κ3) is 2.59. The number of nitrogens with zero attached hydrogens (tertiary/aromatic N) is 3. The molecule has 1 N–H and O–H groups in total. The number of carbonyl (C=O) groups excluding carboxylic acids is 1. The van der Waals surface area contributed by atoms with Crippen molar-refractivity contribution in [1.29, 1.82) is 0 Å². The van der Waals surface area contributed by atoms with Gasteiger partial charge >= 0.3 is 6.03 Å². The number of aryl methyl sites for hydroxylation is 2. The largest absolute Gasteiger partial charge is 0.331 e. The van der Waals surface area contributed by atoms with Crippen LogP contribution in [0.15, 0.2) is 30.9 Å². The number of nitro benzene ring substituents is 1. The SMILES string of the molecule is Cc1cc(NC(=O)n2ccnc2)c([N+](=O)[O-])cc1C. The van der Waals surface area contributed by atoms with E-state index in [4.69, 9.17) is 0 Å². The fourth-order valence-corrected chi connectivity index (χ4v) is 1.61. The fourth-order valence-electron chi connectivity index (χ4n) is 1.61. The predicted molar refractivity (Wildman–Crippen MR) is 69.2 cm³/mol. The highest BCUT2D eigenvalue weighted by atomic mass is 16.6. The van der Waals surface area contributed by atoms with Crippen LogP contribution in [0, 0.1) is 24.0 Å². The van der Waals surface area contributed by atoms with Crippen LogP contribution in [-0.4, -0.2) is 20.5 Å². The Balaban J connectivity index is 2.36. The standard InChI is InChI=1S/C12H12N4O3/c1-8-5-10(11(16(18)19)6-9(8)2)14-12(17)15-4-3-13-7-15/h3-7H,1-2H3,(H,14,17). The lowest BCUT2D eigenvalue weighted by Crippen LogP contribution is -2.18. The second kappa shape index (κ2) is 4.89. The summed E-state index contributed by atoms with van der Waals surface area (Å²) >= 11 is 0. The highest BCUT2D eigenvalue weighted by Gasteiger charge is 2.17. The van der Waals surface area contributed by atoms with Crippen LogP contribution in [-0.2, 0) is 0 Å². The number of hydrogen-bond acceptors (Lipinski definition) is 4. The Kier molecular flexibility index (Phi) is 3.28. The molecule has 7 heteroatoms. The van der Waals surface area contributed by atoms with Crippen molar-refractivity contribution in [2.24, 2.45) is 0 Å². The number of aromatic nitrogens is 2. The van der Waals surface area contributed by atoms with E-state index in [9.17, 15) is 14.9 Å². The zero-order valence-corrected chi connectivity index (χ0v) is 10.5. The molecule has 1 aromatic carbocycles. The minimum atomic E-state index is -0.518. The quantitative estimate of drug-likeness (QED) is 0.663. The van der Waals surface area contributed by atoms with E-state index >= 15 is 0 Å². The van der Waals surface area contributed by atoms with Crippen molar-refractivity contribution in [3.8, 4) is 0 Å². The molecule has 2 rings (SSSR count). The molecule has 0 bridgehead atoms. The second-order valence-corrected chi connectivity index (χ2v) is 4.11. The highest BCUT2D eigenvalue weighted by Crippen LogP contribution is 2.27.